The van der Waals surface area contributed by atoms with E-state index in [1.54, 1.807) is 7.11 Å². The number of hydrogen-bond donors (Lipinski definition) is 1. The van der Waals surface area contributed by atoms with Crippen LogP contribution < -0.4 is 10.1 Å². The predicted octanol–water partition coefficient (Wildman–Crippen LogP) is 1.98. The molecule has 4 nitrogen and oxygen atoms in total. The van der Waals surface area contributed by atoms with E-state index in [1.807, 2.05) is 6.07 Å². The summed E-state index contributed by atoms with van der Waals surface area (Å²) in [7, 11) is 1.66. The summed E-state index contributed by atoms with van der Waals surface area (Å²) in [5.74, 6) is 0.732. The molecule has 1 fully saturated rings. The van der Waals surface area contributed by atoms with Crippen molar-refractivity contribution >= 4 is 0 Å². The third-order valence-electron chi connectivity index (χ3n) is 3.25. The number of nitrogens with one attached hydrogen (secondary N) is 1. The molecule has 0 aromatic heterocycles. The molecule has 2 rings (SSSR count). The van der Waals surface area contributed by atoms with Crippen LogP contribution >= 0.6 is 0 Å². The largest absolute Gasteiger partial charge is 0.493 e. The maximum Gasteiger partial charge on any atom is 0.127 e. The second kappa shape index (κ2) is 8.19. The van der Waals surface area contributed by atoms with E-state index >= 15 is 0 Å². The van der Waals surface area contributed by atoms with Crippen molar-refractivity contribution in [3.63, 3.8) is 0 Å². The maximum absolute atomic E-state index is 13.5. The van der Waals surface area contributed by atoms with Crippen LogP contribution in [-0.2, 0) is 16.0 Å². The van der Waals surface area contributed by atoms with E-state index < -0.39 is 0 Å². The first-order chi connectivity index (χ1) is 9.78. The van der Waals surface area contributed by atoms with Crippen LogP contribution in [0.3, 0.4) is 0 Å². The molecule has 1 aliphatic rings. The normalized spacial score (nSPS) is 18.4. The minimum atomic E-state index is -0.270. The Balaban J connectivity index is 1.83. The minimum Gasteiger partial charge on any atom is -0.493 e. The Morgan fingerprint density at radius 1 is 1.40 bits per heavy atom. The van der Waals surface area contributed by atoms with Crippen molar-refractivity contribution < 1.29 is 18.6 Å². The Labute approximate surface area is 119 Å². The Morgan fingerprint density at radius 3 is 3.05 bits per heavy atom. The first-order valence-electron chi connectivity index (χ1n) is 6.97. The van der Waals surface area contributed by atoms with E-state index in [0.717, 1.165) is 31.7 Å². The van der Waals surface area contributed by atoms with Crippen LogP contribution in [0, 0.1) is 11.7 Å². The molecule has 1 N–H and O–H groups in total. The van der Waals surface area contributed by atoms with Crippen LogP contribution in [0.25, 0.3) is 0 Å². The quantitative estimate of drug-likeness (QED) is 0.741. The number of hydrogen-bond acceptors (Lipinski definition) is 4. The SMILES string of the molecule is COCCNCc1cc(F)cc(OCC2CCOC2)c1. The topological polar surface area (TPSA) is 39.7 Å². The highest BCUT2D eigenvalue weighted by molar-refractivity contribution is 5.29. The number of methoxy groups -OCH3 is 1. The van der Waals surface area contributed by atoms with Crippen molar-refractivity contribution in [2.45, 2.75) is 13.0 Å². The summed E-state index contributed by atoms with van der Waals surface area (Å²) in [6.45, 7) is 4.10. The summed E-state index contributed by atoms with van der Waals surface area (Å²) >= 11 is 0. The van der Waals surface area contributed by atoms with Gasteiger partial charge in [0.2, 0.25) is 0 Å². The molecule has 0 bridgehead atoms. The number of benzene rings is 1. The first kappa shape index (κ1) is 15.2. The van der Waals surface area contributed by atoms with Crippen molar-refractivity contribution in [2.24, 2.45) is 5.92 Å². The molecule has 1 aromatic rings. The van der Waals surface area contributed by atoms with Gasteiger partial charge in [-0.2, -0.15) is 0 Å². The number of ether oxygens (including phenoxy) is 3. The van der Waals surface area contributed by atoms with Crippen molar-refractivity contribution in [2.75, 3.05) is 40.1 Å². The van der Waals surface area contributed by atoms with Gasteiger partial charge in [-0.3, -0.25) is 0 Å². The fraction of sp³-hybridized carbons (Fsp3) is 0.600. The lowest BCUT2D eigenvalue weighted by Crippen LogP contribution is -2.18. The molecule has 0 radical (unpaired) electrons. The van der Waals surface area contributed by atoms with Crippen LogP contribution in [0.4, 0.5) is 4.39 Å². The molecule has 1 aromatic carbocycles. The van der Waals surface area contributed by atoms with Crippen LogP contribution in [-0.4, -0.2) is 40.1 Å². The predicted molar refractivity (Wildman–Crippen MR) is 74.4 cm³/mol. The highest BCUT2D eigenvalue weighted by atomic mass is 19.1. The van der Waals surface area contributed by atoms with Gasteiger partial charge in [-0.05, 0) is 24.1 Å². The highest BCUT2D eigenvalue weighted by Crippen LogP contribution is 2.19. The summed E-state index contributed by atoms with van der Waals surface area (Å²) in [5.41, 5.74) is 0.874. The Hall–Kier alpha value is -1.17. The third-order valence-corrected chi connectivity index (χ3v) is 3.25. The van der Waals surface area contributed by atoms with Gasteiger partial charge in [-0.1, -0.05) is 0 Å². The van der Waals surface area contributed by atoms with E-state index in [-0.39, 0.29) is 5.82 Å². The zero-order chi connectivity index (χ0) is 14.2. The Morgan fingerprint density at radius 2 is 2.30 bits per heavy atom. The fourth-order valence-corrected chi connectivity index (χ4v) is 2.14. The zero-order valence-corrected chi connectivity index (χ0v) is 11.9. The van der Waals surface area contributed by atoms with Gasteiger partial charge in [0.25, 0.3) is 0 Å². The summed E-state index contributed by atoms with van der Waals surface area (Å²) < 4.78 is 29.5. The summed E-state index contributed by atoms with van der Waals surface area (Å²) in [4.78, 5) is 0. The fourth-order valence-electron chi connectivity index (χ4n) is 2.14. The summed E-state index contributed by atoms with van der Waals surface area (Å²) in [5, 5.41) is 3.19. The zero-order valence-electron chi connectivity index (χ0n) is 11.9. The van der Waals surface area contributed by atoms with Gasteiger partial charge in [-0.25, -0.2) is 4.39 Å². The van der Waals surface area contributed by atoms with E-state index in [0.29, 0.717) is 31.4 Å². The lowest BCUT2D eigenvalue weighted by molar-refractivity contribution is 0.167. The van der Waals surface area contributed by atoms with Crippen molar-refractivity contribution in [3.8, 4) is 5.75 Å². The van der Waals surface area contributed by atoms with Gasteiger partial charge in [0.1, 0.15) is 11.6 Å². The molecular formula is C15H22FNO3. The van der Waals surface area contributed by atoms with Crippen LogP contribution in [0.5, 0.6) is 5.75 Å². The average Bonchev–Trinajstić information content (AvgIpc) is 2.94. The summed E-state index contributed by atoms with van der Waals surface area (Å²) in [6.07, 6.45) is 1.01. The minimum absolute atomic E-state index is 0.270. The van der Waals surface area contributed by atoms with Crippen molar-refractivity contribution in [1.29, 1.82) is 0 Å². The van der Waals surface area contributed by atoms with Gasteiger partial charge in [-0.15, -0.1) is 0 Å². The van der Waals surface area contributed by atoms with Crippen molar-refractivity contribution in [1.82, 2.24) is 5.32 Å². The third kappa shape index (κ3) is 5.07. The first-order valence-corrected chi connectivity index (χ1v) is 6.97. The van der Waals surface area contributed by atoms with Crippen LogP contribution in [0.2, 0.25) is 0 Å². The standard InChI is InChI=1S/C15H22FNO3/c1-18-5-3-17-9-13-6-14(16)8-15(7-13)20-11-12-2-4-19-10-12/h6-8,12,17H,2-5,9-11H2,1H3. The summed E-state index contributed by atoms with van der Waals surface area (Å²) in [6, 6.07) is 4.82. The van der Waals surface area contributed by atoms with Gasteiger partial charge < -0.3 is 19.5 Å². The molecule has 1 aliphatic heterocycles. The Kier molecular flexibility index (Phi) is 6.24. The van der Waals surface area contributed by atoms with Crippen LogP contribution in [0.1, 0.15) is 12.0 Å². The average molecular weight is 283 g/mol. The number of rotatable bonds is 8. The molecule has 1 heterocycles. The number of halogens is 1. The molecule has 20 heavy (non-hydrogen) atoms. The molecule has 0 amide bonds. The smallest absolute Gasteiger partial charge is 0.127 e. The van der Waals surface area contributed by atoms with Crippen molar-refractivity contribution in [3.05, 3.63) is 29.6 Å². The highest BCUT2D eigenvalue weighted by Gasteiger charge is 2.16. The van der Waals surface area contributed by atoms with Gasteiger partial charge in [0.15, 0.2) is 0 Å². The molecule has 0 aliphatic carbocycles. The molecule has 0 spiro atoms. The van der Waals surface area contributed by atoms with E-state index in [4.69, 9.17) is 14.2 Å². The molecule has 112 valence electrons. The van der Waals surface area contributed by atoms with Gasteiger partial charge in [0.05, 0.1) is 19.8 Å². The monoisotopic (exact) mass is 283 g/mol. The molecule has 1 atom stereocenters. The second-order valence-corrected chi connectivity index (χ2v) is 5.01. The maximum atomic E-state index is 13.5. The second-order valence-electron chi connectivity index (χ2n) is 5.01. The Bertz CT molecular complexity index is 408. The van der Waals surface area contributed by atoms with Gasteiger partial charge in [0, 0.05) is 38.8 Å². The van der Waals surface area contributed by atoms with E-state index in [2.05, 4.69) is 5.32 Å². The molecule has 0 saturated carbocycles. The molecular weight excluding hydrogens is 261 g/mol. The molecule has 1 saturated heterocycles. The van der Waals surface area contributed by atoms with E-state index in [1.165, 1.54) is 12.1 Å². The van der Waals surface area contributed by atoms with Crippen LogP contribution in [0.15, 0.2) is 18.2 Å². The van der Waals surface area contributed by atoms with Gasteiger partial charge >= 0.3 is 0 Å². The van der Waals surface area contributed by atoms with E-state index in [9.17, 15) is 4.39 Å². The molecule has 5 heteroatoms. The molecule has 1 unspecified atom stereocenters. The lowest BCUT2D eigenvalue weighted by atomic mass is 10.1. The lowest BCUT2D eigenvalue weighted by Gasteiger charge is -2.12.